The van der Waals surface area contributed by atoms with Crippen LogP contribution in [0.1, 0.15) is 81.9 Å². The number of methoxy groups -OCH3 is 1. The molecule has 3 aromatic rings. The highest BCUT2D eigenvalue weighted by atomic mass is 19.1. The molecule has 230 valence electrons. The predicted octanol–water partition coefficient (Wildman–Crippen LogP) is 7.90. The highest BCUT2D eigenvalue weighted by molar-refractivity contribution is 5.71. The van der Waals surface area contributed by atoms with Crippen molar-refractivity contribution in [1.82, 2.24) is 0 Å². The molecule has 3 aromatic carbocycles. The molecule has 1 saturated carbocycles. The second kappa shape index (κ2) is 13.1. The maximum Gasteiger partial charge on any atom is 0.306 e. The van der Waals surface area contributed by atoms with Crippen LogP contribution in [0.15, 0.2) is 60.7 Å². The first-order valence-electron chi connectivity index (χ1n) is 15.4. The number of carbonyl (C=O) groups is 1. The van der Waals surface area contributed by atoms with E-state index in [2.05, 4.69) is 0 Å². The SMILES string of the molecule is CCOC(=O)CC(CC1CC1)c1cccc(OCc2ccc(-c3cc(OC)ccc3F)c(C3(O)OCCCC3(C)C)c2)c1. The second-order valence-electron chi connectivity index (χ2n) is 12.5. The fourth-order valence-electron chi connectivity index (χ4n) is 6.11. The van der Waals surface area contributed by atoms with Crippen molar-refractivity contribution in [3.8, 4) is 22.6 Å². The lowest BCUT2D eigenvalue weighted by molar-refractivity contribution is -0.297. The molecule has 7 heteroatoms. The summed E-state index contributed by atoms with van der Waals surface area (Å²) in [4.78, 5) is 12.3. The van der Waals surface area contributed by atoms with Crippen molar-refractivity contribution in [2.75, 3.05) is 20.3 Å². The van der Waals surface area contributed by atoms with Crippen molar-refractivity contribution >= 4 is 5.97 Å². The van der Waals surface area contributed by atoms with Crippen molar-refractivity contribution in [2.45, 2.75) is 77.6 Å². The van der Waals surface area contributed by atoms with Gasteiger partial charge in [0.05, 0.1) is 26.7 Å². The number of hydrogen-bond donors (Lipinski definition) is 1. The van der Waals surface area contributed by atoms with Crippen molar-refractivity contribution in [3.05, 3.63) is 83.2 Å². The molecule has 1 saturated heterocycles. The Hall–Kier alpha value is -3.42. The van der Waals surface area contributed by atoms with Crippen molar-refractivity contribution in [1.29, 1.82) is 0 Å². The van der Waals surface area contributed by atoms with Crippen molar-refractivity contribution in [3.63, 3.8) is 0 Å². The number of halogens is 1. The molecule has 2 fully saturated rings. The Kier molecular flexibility index (Phi) is 9.42. The van der Waals surface area contributed by atoms with E-state index in [9.17, 15) is 9.90 Å². The zero-order chi connectivity index (χ0) is 30.6. The lowest BCUT2D eigenvalue weighted by atomic mass is 9.72. The first-order chi connectivity index (χ1) is 20.6. The molecule has 1 aliphatic carbocycles. The summed E-state index contributed by atoms with van der Waals surface area (Å²) in [6, 6.07) is 18.1. The fraction of sp³-hybridized carbons (Fsp3) is 0.472. The maximum absolute atomic E-state index is 15.2. The molecule has 2 unspecified atom stereocenters. The Bertz CT molecular complexity index is 1430. The summed E-state index contributed by atoms with van der Waals surface area (Å²) >= 11 is 0. The highest BCUT2D eigenvalue weighted by Crippen LogP contribution is 2.50. The normalized spacial score (nSPS) is 20.3. The molecule has 2 aliphatic rings. The fourth-order valence-corrected chi connectivity index (χ4v) is 6.11. The summed E-state index contributed by atoms with van der Waals surface area (Å²) in [5, 5.41) is 12.1. The lowest BCUT2D eigenvalue weighted by Crippen LogP contribution is -2.48. The molecule has 5 rings (SSSR count). The van der Waals surface area contributed by atoms with Gasteiger partial charge in [0.2, 0.25) is 0 Å². The van der Waals surface area contributed by atoms with Gasteiger partial charge in [-0.15, -0.1) is 0 Å². The number of benzene rings is 3. The average Bonchev–Trinajstić information content (AvgIpc) is 3.82. The number of aliphatic hydroxyl groups is 1. The Morgan fingerprint density at radius 1 is 1.07 bits per heavy atom. The summed E-state index contributed by atoms with van der Waals surface area (Å²) in [5.74, 6) is -0.261. The second-order valence-corrected chi connectivity index (χ2v) is 12.5. The van der Waals surface area contributed by atoms with Gasteiger partial charge in [0, 0.05) is 16.5 Å². The van der Waals surface area contributed by atoms with Gasteiger partial charge in [0.15, 0.2) is 5.79 Å². The molecule has 1 N–H and O–H groups in total. The van der Waals surface area contributed by atoms with Crippen LogP contribution < -0.4 is 9.47 Å². The molecule has 0 aromatic heterocycles. The van der Waals surface area contributed by atoms with Gasteiger partial charge in [-0.25, -0.2) is 4.39 Å². The molecule has 0 radical (unpaired) electrons. The third-order valence-corrected chi connectivity index (χ3v) is 8.86. The van der Waals surface area contributed by atoms with Gasteiger partial charge in [-0.1, -0.05) is 51.0 Å². The quantitative estimate of drug-likeness (QED) is 0.216. The minimum absolute atomic E-state index is 0.0821. The van der Waals surface area contributed by atoms with E-state index in [4.69, 9.17) is 18.9 Å². The summed E-state index contributed by atoms with van der Waals surface area (Å²) < 4.78 is 38.2. The topological polar surface area (TPSA) is 74.2 Å². The van der Waals surface area contributed by atoms with E-state index in [1.54, 1.807) is 19.2 Å². The summed E-state index contributed by atoms with van der Waals surface area (Å²) in [6.45, 7) is 6.79. The van der Waals surface area contributed by atoms with Gasteiger partial charge in [-0.3, -0.25) is 4.79 Å². The zero-order valence-corrected chi connectivity index (χ0v) is 25.7. The number of esters is 1. The molecule has 0 bridgehead atoms. The third-order valence-electron chi connectivity index (χ3n) is 8.86. The molecule has 43 heavy (non-hydrogen) atoms. The van der Waals surface area contributed by atoms with Crippen molar-refractivity contribution in [2.24, 2.45) is 11.3 Å². The van der Waals surface area contributed by atoms with E-state index in [-0.39, 0.29) is 18.5 Å². The molecule has 0 amide bonds. The molecule has 6 nitrogen and oxygen atoms in total. The zero-order valence-electron chi connectivity index (χ0n) is 25.7. The van der Waals surface area contributed by atoms with E-state index in [0.717, 1.165) is 30.4 Å². The van der Waals surface area contributed by atoms with Gasteiger partial charge in [0.1, 0.15) is 23.9 Å². The third kappa shape index (κ3) is 7.05. The van der Waals surface area contributed by atoms with Gasteiger partial charge in [0.25, 0.3) is 0 Å². The van der Waals surface area contributed by atoms with Crippen LogP contribution >= 0.6 is 0 Å². The first kappa shape index (κ1) is 31.0. The van der Waals surface area contributed by atoms with E-state index in [1.165, 1.54) is 18.9 Å². The van der Waals surface area contributed by atoms with Gasteiger partial charge < -0.3 is 24.1 Å². The van der Waals surface area contributed by atoms with Crippen LogP contribution in [-0.2, 0) is 26.7 Å². The van der Waals surface area contributed by atoms with E-state index >= 15 is 4.39 Å². The van der Waals surface area contributed by atoms with Crippen LogP contribution in [-0.4, -0.2) is 31.4 Å². The molecule has 0 spiro atoms. The van der Waals surface area contributed by atoms with E-state index < -0.39 is 17.0 Å². The Morgan fingerprint density at radius 3 is 2.60 bits per heavy atom. The monoisotopic (exact) mass is 590 g/mol. The Morgan fingerprint density at radius 2 is 1.88 bits per heavy atom. The van der Waals surface area contributed by atoms with Gasteiger partial charge >= 0.3 is 5.97 Å². The minimum Gasteiger partial charge on any atom is -0.497 e. The summed E-state index contributed by atoms with van der Waals surface area (Å²) in [5.41, 5.74) is 2.63. The van der Waals surface area contributed by atoms with Crippen molar-refractivity contribution < 1.29 is 33.2 Å². The minimum atomic E-state index is -1.63. The highest BCUT2D eigenvalue weighted by Gasteiger charge is 2.49. The van der Waals surface area contributed by atoms with E-state index in [1.807, 2.05) is 63.2 Å². The Labute approximate surface area is 254 Å². The molecule has 2 atom stereocenters. The van der Waals surface area contributed by atoms with Crippen LogP contribution in [0.25, 0.3) is 11.1 Å². The van der Waals surface area contributed by atoms with Crippen LogP contribution in [0.2, 0.25) is 0 Å². The number of hydrogen-bond acceptors (Lipinski definition) is 6. The Balaban J connectivity index is 1.44. The van der Waals surface area contributed by atoms with Gasteiger partial charge in [-0.05, 0) is 91.1 Å². The molecule has 1 heterocycles. The molecular formula is C36H43FO6. The smallest absolute Gasteiger partial charge is 0.306 e. The van der Waals surface area contributed by atoms with Crippen LogP contribution in [0, 0.1) is 17.2 Å². The number of carbonyl (C=O) groups excluding carboxylic acids is 1. The lowest BCUT2D eigenvalue weighted by Gasteiger charge is -2.47. The largest absolute Gasteiger partial charge is 0.497 e. The number of rotatable bonds is 12. The van der Waals surface area contributed by atoms with Gasteiger partial charge in [-0.2, -0.15) is 0 Å². The van der Waals surface area contributed by atoms with E-state index in [0.29, 0.717) is 53.7 Å². The molecular weight excluding hydrogens is 547 g/mol. The number of ether oxygens (including phenoxy) is 4. The summed E-state index contributed by atoms with van der Waals surface area (Å²) in [6.07, 6.45) is 5.32. The van der Waals surface area contributed by atoms with Crippen LogP contribution in [0.5, 0.6) is 11.5 Å². The van der Waals surface area contributed by atoms with Crippen LogP contribution in [0.3, 0.4) is 0 Å². The van der Waals surface area contributed by atoms with Crippen LogP contribution in [0.4, 0.5) is 4.39 Å². The standard InChI is InChI=1S/C36H43FO6/c1-5-41-34(38)21-27(18-24-10-11-24)26-8-6-9-29(20-26)42-23-25-12-14-30(31-22-28(40-4)13-15-33(31)37)32(19-25)36(39)35(2,3)16-7-17-43-36/h6,8-9,12-15,19-20,22,24,27,39H,5,7,10-11,16-18,21,23H2,1-4H3. The maximum atomic E-state index is 15.2. The predicted molar refractivity (Wildman–Crippen MR) is 163 cm³/mol. The summed E-state index contributed by atoms with van der Waals surface area (Å²) in [7, 11) is 1.54. The first-order valence-corrected chi connectivity index (χ1v) is 15.4. The average molecular weight is 591 g/mol. The molecule has 1 aliphatic heterocycles.